The van der Waals surface area contributed by atoms with Crippen molar-refractivity contribution < 1.29 is 4.79 Å². The van der Waals surface area contributed by atoms with Gasteiger partial charge < -0.3 is 4.90 Å². The Morgan fingerprint density at radius 2 is 2.00 bits per heavy atom. The summed E-state index contributed by atoms with van der Waals surface area (Å²) in [5.74, 6) is 0.0115. The van der Waals surface area contributed by atoms with Crippen LogP contribution in [-0.4, -0.2) is 24.4 Å². The standard InChI is InChI=1S/C13H18BrNOS/c1-13(2,3)8-15(4)12(16)10-6-5-9(14)7-11(10)17/h5-7,17H,8H2,1-4H3. The molecular weight excluding hydrogens is 298 g/mol. The topological polar surface area (TPSA) is 20.3 Å². The second kappa shape index (κ2) is 5.44. The summed E-state index contributed by atoms with van der Waals surface area (Å²) in [5, 5.41) is 0. The van der Waals surface area contributed by atoms with Gasteiger partial charge in [0.15, 0.2) is 0 Å². The van der Waals surface area contributed by atoms with E-state index in [2.05, 4.69) is 49.3 Å². The van der Waals surface area contributed by atoms with Crippen molar-refractivity contribution in [2.75, 3.05) is 13.6 Å². The number of amides is 1. The van der Waals surface area contributed by atoms with Crippen LogP contribution in [0, 0.1) is 5.41 Å². The van der Waals surface area contributed by atoms with Gasteiger partial charge in [0.1, 0.15) is 0 Å². The summed E-state index contributed by atoms with van der Waals surface area (Å²) in [6, 6.07) is 5.49. The maximum atomic E-state index is 12.2. The van der Waals surface area contributed by atoms with Crippen molar-refractivity contribution in [2.24, 2.45) is 5.41 Å². The van der Waals surface area contributed by atoms with Crippen molar-refractivity contribution in [3.05, 3.63) is 28.2 Å². The second-order valence-corrected chi connectivity index (χ2v) is 6.78. The summed E-state index contributed by atoms with van der Waals surface area (Å²) in [5.41, 5.74) is 0.736. The van der Waals surface area contributed by atoms with Gasteiger partial charge in [-0.2, -0.15) is 0 Å². The monoisotopic (exact) mass is 315 g/mol. The van der Waals surface area contributed by atoms with Crippen LogP contribution in [0.25, 0.3) is 0 Å². The molecule has 4 heteroatoms. The Morgan fingerprint density at radius 1 is 1.41 bits per heavy atom. The highest BCUT2D eigenvalue weighted by molar-refractivity contribution is 9.10. The van der Waals surface area contributed by atoms with Crippen LogP contribution in [0.5, 0.6) is 0 Å². The lowest BCUT2D eigenvalue weighted by Gasteiger charge is -2.27. The van der Waals surface area contributed by atoms with E-state index in [4.69, 9.17) is 0 Å². The van der Waals surface area contributed by atoms with Crippen LogP contribution >= 0.6 is 28.6 Å². The number of nitrogens with zero attached hydrogens (tertiary/aromatic N) is 1. The van der Waals surface area contributed by atoms with Gasteiger partial charge in [-0.25, -0.2) is 0 Å². The van der Waals surface area contributed by atoms with Crippen LogP contribution in [0.3, 0.4) is 0 Å². The predicted octanol–water partition coefficient (Wildman–Crippen LogP) is 3.86. The highest BCUT2D eigenvalue weighted by Gasteiger charge is 2.20. The van der Waals surface area contributed by atoms with Crippen molar-refractivity contribution >= 4 is 34.5 Å². The van der Waals surface area contributed by atoms with E-state index >= 15 is 0 Å². The molecule has 0 aliphatic carbocycles. The highest BCUT2D eigenvalue weighted by atomic mass is 79.9. The quantitative estimate of drug-likeness (QED) is 0.822. The molecule has 0 unspecified atom stereocenters. The third-order valence-electron chi connectivity index (χ3n) is 2.25. The minimum absolute atomic E-state index is 0.0115. The maximum Gasteiger partial charge on any atom is 0.254 e. The number of thiol groups is 1. The Bertz CT molecular complexity index is 426. The molecule has 1 amide bonds. The fraction of sp³-hybridized carbons (Fsp3) is 0.462. The minimum atomic E-state index is 0.0115. The second-order valence-electron chi connectivity index (χ2n) is 5.38. The molecule has 0 fully saturated rings. The summed E-state index contributed by atoms with van der Waals surface area (Å²) in [7, 11) is 1.82. The van der Waals surface area contributed by atoms with Crippen molar-refractivity contribution in [3.8, 4) is 0 Å². The zero-order valence-corrected chi connectivity index (χ0v) is 13.1. The molecule has 1 aromatic rings. The molecule has 94 valence electrons. The van der Waals surface area contributed by atoms with Crippen molar-refractivity contribution in [1.29, 1.82) is 0 Å². The van der Waals surface area contributed by atoms with E-state index in [0.717, 1.165) is 11.0 Å². The molecule has 0 spiro atoms. The third-order valence-corrected chi connectivity index (χ3v) is 3.11. The smallest absolute Gasteiger partial charge is 0.254 e. The molecule has 0 saturated heterocycles. The number of hydrogen-bond donors (Lipinski definition) is 1. The van der Waals surface area contributed by atoms with Crippen molar-refractivity contribution in [1.82, 2.24) is 4.90 Å². The molecule has 17 heavy (non-hydrogen) atoms. The summed E-state index contributed by atoms with van der Waals surface area (Å²) in [4.78, 5) is 14.7. The van der Waals surface area contributed by atoms with Gasteiger partial charge in [-0.1, -0.05) is 36.7 Å². The van der Waals surface area contributed by atoms with E-state index in [9.17, 15) is 4.79 Å². The molecule has 0 saturated carbocycles. The van der Waals surface area contributed by atoms with Crippen LogP contribution in [0.1, 0.15) is 31.1 Å². The average Bonchev–Trinajstić information content (AvgIpc) is 2.14. The summed E-state index contributed by atoms with van der Waals surface area (Å²) >= 11 is 7.69. The molecule has 0 heterocycles. The van der Waals surface area contributed by atoms with Crippen LogP contribution in [0.4, 0.5) is 0 Å². The fourth-order valence-electron chi connectivity index (χ4n) is 1.67. The lowest BCUT2D eigenvalue weighted by atomic mass is 9.96. The van der Waals surface area contributed by atoms with Crippen LogP contribution in [-0.2, 0) is 0 Å². The van der Waals surface area contributed by atoms with Gasteiger partial charge in [-0.15, -0.1) is 12.6 Å². The van der Waals surface area contributed by atoms with Crippen molar-refractivity contribution in [2.45, 2.75) is 25.7 Å². The SMILES string of the molecule is CN(CC(C)(C)C)C(=O)c1ccc(Br)cc1S. The van der Waals surface area contributed by atoms with E-state index < -0.39 is 0 Å². The first kappa shape index (κ1) is 14.6. The molecule has 0 atom stereocenters. The molecule has 1 rings (SSSR count). The molecule has 0 N–H and O–H groups in total. The van der Waals surface area contributed by atoms with Gasteiger partial charge in [0.25, 0.3) is 5.91 Å². The van der Waals surface area contributed by atoms with E-state index in [1.54, 1.807) is 11.0 Å². The minimum Gasteiger partial charge on any atom is -0.341 e. The van der Waals surface area contributed by atoms with E-state index in [1.165, 1.54) is 0 Å². The Balaban J connectivity index is 2.89. The van der Waals surface area contributed by atoms with Gasteiger partial charge in [0.2, 0.25) is 0 Å². The first-order chi connectivity index (χ1) is 7.70. The van der Waals surface area contributed by atoms with E-state index in [-0.39, 0.29) is 11.3 Å². The number of halogens is 1. The first-order valence-corrected chi connectivity index (χ1v) is 6.69. The van der Waals surface area contributed by atoms with E-state index in [0.29, 0.717) is 10.5 Å². The van der Waals surface area contributed by atoms with Gasteiger partial charge >= 0.3 is 0 Å². The summed E-state index contributed by atoms with van der Waals surface area (Å²) in [6.45, 7) is 7.05. The Morgan fingerprint density at radius 3 is 2.47 bits per heavy atom. The van der Waals surface area contributed by atoms with Gasteiger partial charge in [-0.3, -0.25) is 4.79 Å². The molecule has 0 aliphatic heterocycles. The Labute approximate surface area is 117 Å². The lowest BCUT2D eigenvalue weighted by Crippen LogP contribution is -2.34. The van der Waals surface area contributed by atoms with Crippen LogP contribution < -0.4 is 0 Å². The zero-order valence-electron chi connectivity index (χ0n) is 10.6. The fourth-order valence-corrected chi connectivity index (χ4v) is 2.52. The summed E-state index contributed by atoms with van der Waals surface area (Å²) < 4.78 is 0.928. The average molecular weight is 316 g/mol. The van der Waals surface area contributed by atoms with Gasteiger partial charge in [0, 0.05) is 23.0 Å². The van der Waals surface area contributed by atoms with Crippen LogP contribution in [0.15, 0.2) is 27.6 Å². The number of carbonyl (C=O) groups excluding carboxylic acids is 1. The van der Waals surface area contributed by atoms with Gasteiger partial charge in [-0.05, 0) is 23.6 Å². The third kappa shape index (κ3) is 4.36. The maximum absolute atomic E-state index is 12.2. The molecule has 0 bridgehead atoms. The molecule has 0 aromatic heterocycles. The number of carbonyl (C=O) groups is 1. The number of rotatable bonds is 2. The zero-order chi connectivity index (χ0) is 13.2. The molecule has 0 radical (unpaired) electrons. The Hall–Kier alpha value is -0.480. The number of hydrogen-bond acceptors (Lipinski definition) is 2. The lowest BCUT2D eigenvalue weighted by molar-refractivity contribution is 0.0742. The van der Waals surface area contributed by atoms with E-state index in [1.807, 2.05) is 19.2 Å². The summed E-state index contributed by atoms with van der Waals surface area (Å²) in [6.07, 6.45) is 0. The molecular formula is C13H18BrNOS. The normalized spacial score (nSPS) is 11.4. The number of benzene rings is 1. The molecule has 2 nitrogen and oxygen atoms in total. The first-order valence-electron chi connectivity index (χ1n) is 5.45. The highest BCUT2D eigenvalue weighted by Crippen LogP contribution is 2.22. The Kier molecular flexibility index (Phi) is 4.67. The van der Waals surface area contributed by atoms with Crippen LogP contribution in [0.2, 0.25) is 0 Å². The molecule has 1 aromatic carbocycles. The largest absolute Gasteiger partial charge is 0.341 e. The van der Waals surface area contributed by atoms with Gasteiger partial charge in [0.05, 0.1) is 5.56 Å². The predicted molar refractivity (Wildman–Crippen MR) is 77.8 cm³/mol. The molecule has 0 aliphatic rings. The van der Waals surface area contributed by atoms with Crippen molar-refractivity contribution in [3.63, 3.8) is 0 Å².